The number of aromatic hydroxyl groups is 1. The van der Waals surface area contributed by atoms with E-state index in [0.717, 1.165) is 5.56 Å². The van der Waals surface area contributed by atoms with Crippen LogP contribution in [0.25, 0.3) is 0 Å². The smallest absolute Gasteiger partial charge is 0.322 e. The number of aliphatic hydroxyl groups excluding tert-OH is 1. The van der Waals surface area contributed by atoms with Crippen LogP contribution in [-0.2, 0) is 25.6 Å². The normalized spacial score (nSPS) is 17.8. The van der Waals surface area contributed by atoms with E-state index in [0.29, 0.717) is 19.4 Å². The highest BCUT2D eigenvalue weighted by atomic mass is 16.4. The Kier molecular flexibility index (Phi) is 8.13. The fourth-order valence-electron chi connectivity index (χ4n) is 3.24. The summed E-state index contributed by atoms with van der Waals surface area (Å²) in [5.41, 5.74) is 6.78. The first-order valence-corrected chi connectivity index (χ1v) is 9.47. The number of likely N-dealkylation sites (tertiary alicyclic amines) is 1. The molecule has 11 heteroatoms. The quantitative estimate of drug-likeness (QED) is 0.262. The number of rotatable bonds is 9. The summed E-state index contributed by atoms with van der Waals surface area (Å²) in [5.74, 6) is -3.05. The number of nitrogens with zero attached hydrogens (tertiary/aromatic N) is 1. The van der Waals surface area contributed by atoms with Crippen LogP contribution in [-0.4, -0.2) is 81.7 Å². The number of nitrogens with two attached hydrogens (primary N) is 1. The third kappa shape index (κ3) is 6.16. The van der Waals surface area contributed by atoms with Crippen LogP contribution in [0.15, 0.2) is 24.3 Å². The van der Waals surface area contributed by atoms with Gasteiger partial charge in [0.2, 0.25) is 17.7 Å². The lowest BCUT2D eigenvalue weighted by molar-refractivity contribution is -0.141. The van der Waals surface area contributed by atoms with Crippen LogP contribution >= 0.6 is 0 Å². The summed E-state index contributed by atoms with van der Waals surface area (Å²) in [7, 11) is 0. The van der Waals surface area contributed by atoms with Gasteiger partial charge in [0.15, 0.2) is 0 Å². The number of carboxylic acid groups (broad SMARTS) is 1. The van der Waals surface area contributed by atoms with Gasteiger partial charge >= 0.3 is 5.97 Å². The topological polar surface area (TPSA) is 182 Å². The second-order valence-corrected chi connectivity index (χ2v) is 7.02. The van der Waals surface area contributed by atoms with Gasteiger partial charge in [-0.25, -0.2) is 0 Å². The van der Waals surface area contributed by atoms with E-state index in [9.17, 15) is 29.4 Å². The Labute approximate surface area is 172 Å². The molecule has 1 aliphatic heterocycles. The molecule has 0 aromatic heterocycles. The molecule has 164 valence electrons. The summed E-state index contributed by atoms with van der Waals surface area (Å²) in [4.78, 5) is 49.2. The van der Waals surface area contributed by atoms with Crippen LogP contribution in [0.3, 0.4) is 0 Å². The molecule has 1 fully saturated rings. The maximum atomic E-state index is 12.8. The predicted octanol–water partition coefficient (Wildman–Crippen LogP) is -2.07. The Morgan fingerprint density at radius 3 is 2.47 bits per heavy atom. The molecule has 0 aliphatic carbocycles. The monoisotopic (exact) mass is 422 g/mol. The van der Waals surface area contributed by atoms with Crippen LogP contribution in [0.2, 0.25) is 0 Å². The van der Waals surface area contributed by atoms with Crippen molar-refractivity contribution in [3.8, 4) is 5.75 Å². The molecule has 3 atom stereocenters. The van der Waals surface area contributed by atoms with E-state index in [1.54, 1.807) is 12.1 Å². The zero-order valence-corrected chi connectivity index (χ0v) is 16.3. The summed E-state index contributed by atoms with van der Waals surface area (Å²) in [6, 6.07) is 3.21. The number of phenols is 1. The minimum Gasteiger partial charge on any atom is -0.508 e. The van der Waals surface area contributed by atoms with Crippen LogP contribution in [0, 0.1) is 0 Å². The number of carbonyl (C=O) groups is 4. The number of aliphatic carboxylic acids is 1. The van der Waals surface area contributed by atoms with Gasteiger partial charge in [0.25, 0.3) is 0 Å². The van der Waals surface area contributed by atoms with Crippen molar-refractivity contribution in [3.05, 3.63) is 29.8 Å². The third-order valence-corrected chi connectivity index (χ3v) is 4.78. The van der Waals surface area contributed by atoms with Crippen molar-refractivity contribution in [2.24, 2.45) is 5.73 Å². The maximum Gasteiger partial charge on any atom is 0.322 e. The zero-order chi connectivity index (χ0) is 22.3. The van der Waals surface area contributed by atoms with Crippen molar-refractivity contribution in [2.45, 2.75) is 37.4 Å². The van der Waals surface area contributed by atoms with E-state index in [1.165, 1.54) is 17.0 Å². The van der Waals surface area contributed by atoms with E-state index < -0.39 is 55.0 Å². The standard InChI is InChI=1S/C19H26N4O7/c20-13(8-11-3-5-12(25)6-4-11)19(30)23-7-1-2-15(23)18(29)22-14(10-24)17(28)21-9-16(26)27/h3-6,13-15,24-25H,1-2,7-10,20H2,(H,21,28)(H,22,29)(H,26,27). The molecular weight excluding hydrogens is 396 g/mol. The lowest BCUT2D eigenvalue weighted by Crippen LogP contribution is -2.56. The molecule has 2 rings (SSSR count). The van der Waals surface area contributed by atoms with E-state index in [1.807, 2.05) is 0 Å². The molecule has 11 nitrogen and oxygen atoms in total. The highest BCUT2D eigenvalue weighted by molar-refractivity contribution is 5.94. The first-order valence-electron chi connectivity index (χ1n) is 9.47. The van der Waals surface area contributed by atoms with Crippen LogP contribution in [0.1, 0.15) is 18.4 Å². The van der Waals surface area contributed by atoms with E-state index in [2.05, 4.69) is 10.6 Å². The number of phenolic OH excluding ortho intramolecular Hbond substituents is 1. The molecule has 1 aliphatic rings. The Hall–Kier alpha value is -3.18. The summed E-state index contributed by atoms with van der Waals surface area (Å²) < 4.78 is 0. The molecule has 3 unspecified atom stereocenters. The van der Waals surface area contributed by atoms with Crippen molar-refractivity contribution in [2.75, 3.05) is 19.7 Å². The highest BCUT2D eigenvalue weighted by Crippen LogP contribution is 2.20. The Morgan fingerprint density at radius 2 is 1.87 bits per heavy atom. The summed E-state index contributed by atoms with van der Waals surface area (Å²) in [5, 5.41) is 31.7. The van der Waals surface area contributed by atoms with Gasteiger partial charge in [0, 0.05) is 6.54 Å². The number of amides is 3. The Morgan fingerprint density at radius 1 is 1.20 bits per heavy atom. The fraction of sp³-hybridized carbons (Fsp3) is 0.474. The van der Waals surface area contributed by atoms with Gasteiger partial charge in [0.05, 0.1) is 12.6 Å². The first kappa shape index (κ1) is 23.1. The summed E-state index contributed by atoms with van der Waals surface area (Å²) in [6.07, 6.45) is 1.17. The van der Waals surface area contributed by atoms with Gasteiger partial charge in [-0.05, 0) is 37.0 Å². The minimum absolute atomic E-state index is 0.0979. The van der Waals surface area contributed by atoms with Crippen molar-refractivity contribution in [1.29, 1.82) is 0 Å². The number of carboxylic acids is 1. The lowest BCUT2D eigenvalue weighted by atomic mass is 10.0. The zero-order valence-electron chi connectivity index (χ0n) is 16.3. The summed E-state index contributed by atoms with van der Waals surface area (Å²) >= 11 is 0. The van der Waals surface area contributed by atoms with Gasteiger partial charge in [-0.2, -0.15) is 0 Å². The molecule has 1 saturated heterocycles. The minimum atomic E-state index is -1.33. The fourth-order valence-corrected chi connectivity index (χ4v) is 3.24. The number of hydrogen-bond donors (Lipinski definition) is 6. The van der Waals surface area contributed by atoms with E-state index >= 15 is 0 Å². The largest absolute Gasteiger partial charge is 0.508 e. The van der Waals surface area contributed by atoms with Crippen LogP contribution in [0.5, 0.6) is 5.75 Å². The molecule has 0 bridgehead atoms. The molecular formula is C19H26N4O7. The molecule has 1 aromatic carbocycles. The van der Waals surface area contributed by atoms with Crippen molar-refractivity contribution >= 4 is 23.7 Å². The summed E-state index contributed by atoms with van der Waals surface area (Å²) in [6.45, 7) is -1.04. The molecule has 30 heavy (non-hydrogen) atoms. The lowest BCUT2D eigenvalue weighted by Gasteiger charge is -2.28. The second kappa shape index (κ2) is 10.6. The SMILES string of the molecule is NC(Cc1ccc(O)cc1)C(=O)N1CCCC1C(=O)NC(CO)C(=O)NCC(=O)O. The van der Waals surface area contributed by atoms with Gasteiger partial charge < -0.3 is 36.6 Å². The molecule has 1 aromatic rings. The molecule has 0 saturated carbocycles. The molecule has 1 heterocycles. The van der Waals surface area contributed by atoms with Gasteiger partial charge in [-0.3, -0.25) is 19.2 Å². The molecule has 0 radical (unpaired) electrons. The number of hydrogen-bond acceptors (Lipinski definition) is 7. The van der Waals surface area contributed by atoms with Crippen LogP contribution < -0.4 is 16.4 Å². The molecule has 3 amide bonds. The molecule has 0 spiro atoms. The average Bonchev–Trinajstić information content (AvgIpc) is 3.21. The van der Waals surface area contributed by atoms with E-state index in [4.69, 9.17) is 10.8 Å². The Bertz CT molecular complexity index is 784. The second-order valence-electron chi connectivity index (χ2n) is 7.02. The van der Waals surface area contributed by atoms with Gasteiger partial charge in [-0.1, -0.05) is 12.1 Å². The number of nitrogens with one attached hydrogen (secondary N) is 2. The van der Waals surface area contributed by atoms with Crippen molar-refractivity contribution in [1.82, 2.24) is 15.5 Å². The van der Waals surface area contributed by atoms with Gasteiger partial charge in [-0.15, -0.1) is 0 Å². The number of aliphatic hydroxyl groups is 1. The van der Waals surface area contributed by atoms with Gasteiger partial charge in [0.1, 0.15) is 24.4 Å². The average molecular weight is 422 g/mol. The predicted molar refractivity (Wildman–Crippen MR) is 104 cm³/mol. The van der Waals surface area contributed by atoms with Crippen LogP contribution in [0.4, 0.5) is 0 Å². The van der Waals surface area contributed by atoms with Crippen molar-refractivity contribution < 1.29 is 34.5 Å². The molecule has 7 N–H and O–H groups in total. The van der Waals surface area contributed by atoms with E-state index in [-0.39, 0.29) is 12.2 Å². The maximum absolute atomic E-state index is 12.8. The number of benzene rings is 1. The number of carbonyl (C=O) groups excluding carboxylic acids is 3. The Balaban J connectivity index is 1.98. The van der Waals surface area contributed by atoms with Crippen molar-refractivity contribution in [3.63, 3.8) is 0 Å². The third-order valence-electron chi connectivity index (χ3n) is 4.78. The first-order chi connectivity index (χ1) is 14.2. The highest BCUT2D eigenvalue weighted by Gasteiger charge is 2.37.